The van der Waals surface area contributed by atoms with Crippen molar-refractivity contribution in [2.24, 2.45) is 11.5 Å². The number of nitrogens with zero attached hydrogens (tertiary/aromatic N) is 2. The standard InChI is InChI=1S/C6H14N6.C4H6O4/c7-5(8)11-1-2-12(4-3-11)6(9)10;5-3(6)1-2-4(7)8/h1-4H2,(H3,7,8)(H3,9,10);1-2H2,(H,5,6)(H,7,8). The van der Waals surface area contributed by atoms with E-state index in [0.29, 0.717) is 26.2 Å². The van der Waals surface area contributed by atoms with Crippen LogP contribution < -0.4 is 11.5 Å². The van der Waals surface area contributed by atoms with Crippen LogP contribution in [0.1, 0.15) is 12.8 Å². The molecule has 114 valence electrons. The van der Waals surface area contributed by atoms with E-state index in [0.717, 1.165) is 0 Å². The number of nitrogens with two attached hydrogens (primary N) is 2. The summed E-state index contributed by atoms with van der Waals surface area (Å²) in [6.45, 7) is 2.70. The quantitative estimate of drug-likeness (QED) is 0.263. The van der Waals surface area contributed by atoms with Crippen molar-refractivity contribution < 1.29 is 19.8 Å². The molecule has 0 aromatic heterocycles. The van der Waals surface area contributed by atoms with Crippen molar-refractivity contribution in [3.8, 4) is 0 Å². The molecule has 0 aromatic carbocycles. The van der Waals surface area contributed by atoms with E-state index < -0.39 is 11.9 Å². The lowest BCUT2D eigenvalue weighted by Gasteiger charge is -2.34. The number of guanidine groups is 2. The van der Waals surface area contributed by atoms with Gasteiger partial charge in [0.05, 0.1) is 12.8 Å². The van der Waals surface area contributed by atoms with Crippen LogP contribution in [0.5, 0.6) is 0 Å². The van der Waals surface area contributed by atoms with Gasteiger partial charge in [0.2, 0.25) is 0 Å². The molecule has 1 rings (SSSR count). The molecular formula is C10H20N6O4. The normalized spacial score (nSPS) is 14.0. The summed E-state index contributed by atoms with van der Waals surface area (Å²) < 4.78 is 0. The Bertz CT molecular complexity index is 342. The van der Waals surface area contributed by atoms with Gasteiger partial charge in [-0.15, -0.1) is 0 Å². The molecule has 1 saturated heterocycles. The molecule has 20 heavy (non-hydrogen) atoms. The monoisotopic (exact) mass is 288 g/mol. The summed E-state index contributed by atoms with van der Waals surface area (Å²) in [4.78, 5) is 22.8. The molecule has 0 spiro atoms. The SMILES string of the molecule is N=C(N)N1CCN(C(=N)N)CC1.O=C(O)CCC(=O)O. The molecule has 1 aliphatic rings. The van der Waals surface area contributed by atoms with Crippen molar-refractivity contribution in [3.05, 3.63) is 0 Å². The van der Waals surface area contributed by atoms with Gasteiger partial charge in [-0.05, 0) is 0 Å². The highest BCUT2D eigenvalue weighted by molar-refractivity contribution is 5.77. The van der Waals surface area contributed by atoms with Crippen molar-refractivity contribution in [1.29, 1.82) is 10.8 Å². The van der Waals surface area contributed by atoms with Gasteiger partial charge < -0.3 is 31.5 Å². The summed E-state index contributed by atoms with van der Waals surface area (Å²) in [6.07, 6.45) is -0.593. The average Bonchev–Trinajstić information content (AvgIpc) is 2.37. The highest BCUT2D eigenvalue weighted by Gasteiger charge is 2.17. The Hall–Kier alpha value is -2.52. The van der Waals surface area contributed by atoms with Crippen LogP contribution >= 0.6 is 0 Å². The second-order valence-corrected chi connectivity index (χ2v) is 4.03. The van der Waals surface area contributed by atoms with E-state index in [1.54, 1.807) is 9.80 Å². The molecule has 10 nitrogen and oxygen atoms in total. The van der Waals surface area contributed by atoms with Crippen LogP contribution in [0.2, 0.25) is 0 Å². The topological polar surface area (TPSA) is 181 Å². The summed E-state index contributed by atoms with van der Waals surface area (Å²) in [5.74, 6) is -1.96. The third-order valence-electron chi connectivity index (χ3n) is 2.51. The third kappa shape index (κ3) is 7.74. The number of hydrogen-bond acceptors (Lipinski definition) is 4. The number of carboxylic acids is 2. The van der Waals surface area contributed by atoms with Crippen molar-refractivity contribution in [2.45, 2.75) is 12.8 Å². The second-order valence-electron chi connectivity index (χ2n) is 4.03. The van der Waals surface area contributed by atoms with E-state index >= 15 is 0 Å². The molecule has 0 unspecified atom stereocenters. The van der Waals surface area contributed by atoms with Crippen LogP contribution in [-0.2, 0) is 9.59 Å². The molecular weight excluding hydrogens is 268 g/mol. The summed E-state index contributed by atoms with van der Waals surface area (Å²) in [5, 5.41) is 30.1. The van der Waals surface area contributed by atoms with E-state index in [9.17, 15) is 9.59 Å². The van der Waals surface area contributed by atoms with E-state index in [1.807, 2.05) is 0 Å². The van der Waals surface area contributed by atoms with Crippen LogP contribution in [0.4, 0.5) is 0 Å². The first-order chi connectivity index (χ1) is 9.23. The Morgan fingerprint density at radius 1 is 0.850 bits per heavy atom. The first-order valence-electron chi connectivity index (χ1n) is 5.85. The van der Waals surface area contributed by atoms with Crippen LogP contribution in [0.3, 0.4) is 0 Å². The minimum absolute atomic E-state index is 0.0956. The second kappa shape index (κ2) is 8.56. The van der Waals surface area contributed by atoms with Crippen LogP contribution in [0.25, 0.3) is 0 Å². The predicted molar refractivity (Wildman–Crippen MR) is 71.5 cm³/mol. The summed E-state index contributed by atoms with van der Waals surface area (Å²) in [6, 6.07) is 0. The maximum absolute atomic E-state index is 9.64. The third-order valence-corrected chi connectivity index (χ3v) is 2.51. The van der Waals surface area contributed by atoms with Gasteiger partial charge in [0, 0.05) is 26.2 Å². The zero-order chi connectivity index (χ0) is 15.7. The summed E-state index contributed by atoms with van der Waals surface area (Å²) in [7, 11) is 0. The fourth-order valence-corrected chi connectivity index (χ4v) is 1.40. The maximum atomic E-state index is 9.64. The number of rotatable bonds is 3. The number of carbonyl (C=O) groups is 2. The van der Waals surface area contributed by atoms with Gasteiger partial charge in [-0.2, -0.15) is 0 Å². The molecule has 8 N–H and O–H groups in total. The lowest BCUT2D eigenvalue weighted by Crippen LogP contribution is -2.53. The van der Waals surface area contributed by atoms with Gasteiger partial charge in [0.1, 0.15) is 0 Å². The Morgan fingerprint density at radius 2 is 1.10 bits per heavy atom. The zero-order valence-electron chi connectivity index (χ0n) is 11.0. The number of piperazine rings is 1. The van der Waals surface area contributed by atoms with Crippen LogP contribution in [-0.4, -0.2) is 70.0 Å². The first-order valence-corrected chi connectivity index (χ1v) is 5.85. The van der Waals surface area contributed by atoms with E-state index in [1.165, 1.54) is 0 Å². The molecule has 0 aromatic rings. The molecule has 0 atom stereocenters. The van der Waals surface area contributed by atoms with Gasteiger partial charge in [-0.3, -0.25) is 20.4 Å². The molecule has 0 aliphatic carbocycles. The van der Waals surface area contributed by atoms with Crippen LogP contribution in [0, 0.1) is 10.8 Å². The van der Waals surface area contributed by atoms with Crippen LogP contribution in [0.15, 0.2) is 0 Å². The Balaban J connectivity index is 0.000000396. The molecule has 0 saturated carbocycles. The molecule has 1 aliphatic heterocycles. The molecule has 1 heterocycles. The van der Waals surface area contributed by atoms with Gasteiger partial charge in [-0.1, -0.05) is 0 Å². The Kier molecular flexibility index (Phi) is 7.48. The van der Waals surface area contributed by atoms with E-state index in [-0.39, 0.29) is 24.8 Å². The highest BCUT2D eigenvalue weighted by atomic mass is 16.4. The van der Waals surface area contributed by atoms with Gasteiger partial charge in [-0.25, -0.2) is 0 Å². The molecule has 0 amide bonds. The fraction of sp³-hybridized carbons (Fsp3) is 0.600. The smallest absolute Gasteiger partial charge is 0.303 e. The number of hydrogen-bond donors (Lipinski definition) is 6. The first kappa shape index (κ1) is 17.5. The largest absolute Gasteiger partial charge is 0.481 e. The van der Waals surface area contributed by atoms with Crippen molar-refractivity contribution in [1.82, 2.24) is 9.80 Å². The lowest BCUT2D eigenvalue weighted by molar-refractivity contribution is -0.143. The lowest BCUT2D eigenvalue weighted by atomic mass is 10.3. The molecule has 0 bridgehead atoms. The van der Waals surface area contributed by atoms with E-state index in [4.69, 9.17) is 32.5 Å². The fourth-order valence-electron chi connectivity index (χ4n) is 1.40. The summed E-state index contributed by atoms with van der Waals surface area (Å²) in [5.41, 5.74) is 10.6. The van der Waals surface area contributed by atoms with E-state index in [2.05, 4.69) is 0 Å². The average molecular weight is 288 g/mol. The zero-order valence-corrected chi connectivity index (χ0v) is 11.0. The molecule has 1 fully saturated rings. The van der Waals surface area contributed by atoms with Gasteiger partial charge in [0.25, 0.3) is 0 Å². The van der Waals surface area contributed by atoms with Gasteiger partial charge >= 0.3 is 11.9 Å². The van der Waals surface area contributed by atoms with Crippen molar-refractivity contribution in [2.75, 3.05) is 26.2 Å². The number of nitrogens with one attached hydrogen (secondary N) is 2. The van der Waals surface area contributed by atoms with Gasteiger partial charge in [0.15, 0.2) is 11.9 Å². The maximum Gasteiger partial charge on any atom is 0.303 e. The van der Waals surface area contributed by atoms with Crippen molar-refractivity contribution >= 4 is 23.9 Å². The number of aliphatic carboxylic acids is 2. The predicted octanol–water partition coefficient (Wildman–Crippen LogP) is -1.67. The van der Waals surface area contributed by atoms with Crippen molar-refractivity contribution in [3.63, 3.8) is 0 Å². The Morgan fingerprint density at radius 3 is 1.25 bits per heavy atom. The minimum atomic E-state index is -1.08. The molecule has 0 radical (unpaired) electrons. The summed E-state index contributed by atoms with van der Waals surface area (Å²) >= 11 is 0. The highest BCUT2D eigenvalue weighted by Crippen LogP contribution is 1.98. The Labute approximate surface area is 116 Å². The molecule has 10 heteroatoms. The number of carboxylic acid groups (broad SMARTS) is 2. The minimum Gasteiger partial charge on any atom is -0.481 e.